The van der Waals surface area contributed by atoms with E-state index in [1.54, 1.807) is 24.0 Å². The first-order valence-corrected chi connectivity index (χ1v) is 9.99. The van der Waals surface area contributed by atoms with E-state index < -0.39 is 6.04 Å². The van der Waals surface area contributed by atoms with Crippen molar-refractivity contribution in [2.45, 2.75) is 37.8 Å². The van der Waals surface area contributed by atoms with Crippen LogP contribution in [0.1, 0.15) is 25.8 Å². The predicted molar refractivity (Wildman–Crippen MR) is 107 cm³/mol. The van der Waals surface area contributed by atoms with Gasteiger partial charge in [0, 0.05) is 18.0 Å². The van der Waals surface area contributed by atoms with Gasteiger partial charge in [-0.05, 0) is 43.2 Å². The van der Waals surface area contributed by atoms with Crippen LogP contribution in [0.4, 0.5) is 4.39 Å². The minimum atomic E-state index is -0.606. The third-order valence-corrected chi connectivity index (χ3v) is 5.09. The number of thioether (sulfide) groups is 1. The molecule has 2 aromatic carbocycles. The molecule has 0 radical (unpaired) electrons. The number of amides is 2. The summed E-state index contributed by atoms with van der Waals surface area (Å²) in [5, 5.41) is 2.84. The Morgan fingerprint density at radius 1 is 1.11 bits per heavy atom. The van der Waals surface area contributed by atoms with Gasteiger partial charge in [-0.1, -0.05) is 37.3 Å². The van der Waals surface area contributed by atoms with Crippen LogP contribution in [0.2, 0.25) is 0 Å². The minimum absolute atomic E-state index is 0.132. The monoisotopic (exact) mass is 388 g/mol. The summed E-state index contributed by atoms with van der Waals surface area (Å²) in [5.74, 6) is -0.411. The Morgan fingerprint density at radius 3 is 2.41 bits per heavy atom. The fraction of sp³-hybridized carbons (Fsp3) is 0.333. The van der Waals surface area contributed by atoms with Gasteiger partial charge in [-0.25, -0.2) is 4.39 Å². The lowest BCUT2D eigenvalue weighted by Gasteiger charge is -2.28. The summed E-state index contributed by atoms with van der Waals surface area (Å²) in [7, 11) is 0. The quantitative estimate of drug-likeness (QED) is 0.664. The fourth-order valence-corrected chi connectivity index (χ4v) is 3.32. The summed E-state index contributed by atoms with van der Waals surface area (Å²) in [6, 6.07) is 15.0. The molecule has 1 N–H and O–H groups in total. The molecule has 0 bridgehead atoms. The molecule has 1 atom stereocenters. The summed E-state index contributed by atoms with van der Waals surface area (Å²) < 4.78 is 13.2. The first kappa shape index (κ1) is 21.0. The zero-order valence-corrected chi connectivity index (χ0v) is 16.5. The maximum Gasteiger partial charge on any atom is 0.242 e. The largest absolute Gasteiger partial charge is 0.354 e. The van der Waals surface area contributed by atoms with E-state index in [9.17, 15) is 14.0 Å². The normalized spacial score (nSPS) is 11.7. The number of halogens is 1. The zero-order valence-electron chi connectivity index (χ0n) is 15.7. The van der Waals surface area contributed by atoms with Gasteiger partial charge < -0.3 is 10.2 Å². The number of nitrogens with one attached hydrogen (secondary N) is 1. The van der Waals surface area contributed by atoms with Gasteiger partial charge in [0.2, 0.25) is 11.8 Å². The lowest BCUT2D eigenvalue weighted by Crippen LogP contribution is -2.48. The number of hydrogen-bond donors (Lipinski definition) is 1. The highest BCUT2D eigenvalue weighted by atomic mass is 32.2. The molecule has 2 rings (SSSR count). The van der Waals surface area contributed by atoms with Crippen LogP contribution in [0.5, 0.6) is 0 Å². The Kier molecular flexibility index (Phi) is 8.33. The van der Waals surface area contributed by atoms with Crippen molar-refractivity contribution in [1.29, 1.82) is 0 Å². The lowest BCUT2D eigenvalue weighted by molar-refractivity contribution is -0.138. The van der Waals surface area contributed by atoms with E-state index in [2.05, 4.69) is 5.32 Å². The van der Waals surface area contributed by atoms with E-state index in [-0.39, 0.29) is 29.9 Å². The van der Waals surface area contributed by atoms with Crippen LogP contribution in [-0.4, -0.2) is 35.1 Å². The molecule has 6 heteroatoms. The fourth-order valence-electron chi connectivity index (χ4n) is 2.51. The molecule has 0 heterocycles. The van der Waals surface area contributed by atoms with Crippen molar-refractivity contribution in [3.63, 3.8) is 0 Å². The van der Waals surface area contributed by atoms with Gasteiger partial charge in [-0.3, -0.25) is 9.59 Å². The number of rotatable bonds is 9. The average molecular weight is 389 g/mol. The molecule has 0 unspecified atom stereocenters. The highest BCUT2D eigenvalue weighted by Crippen LogP contribution is 2.19. The molecular formula is C21H25FN2O2S. The third kappa shape index (κ3) is 6.71. The van der Waals surface area contributed by atoms with E-state index in [4.69, 9.17) is 0 Å². The molecule has 27 heavy (non-hydrogen) atoms. The summed E-state index contributed by atoms with van der Waals surface area (Å²) in [4.78, 5) is 27.8. The van der Waals surface area contributed by atoms with Crippen molar-refractivity contribution >= 4 is 23.6 Å². The van der Waals surface area contributed by atoms with Crippen molar-refractivity contribution in [2.75, 3.05) is 12.3 Å². The van der Waals surface area contributed by atoms with E-state index >= 15 is 0 Å². The Balaban J connectivity index is 2.10. The maximum absolute atomic E-state index is 13.2. The van der Waals surface area contributed by atoms with Crippen LogP contribution in [0.25, 0.3) is 0 Å². The molecule has 0 aromatic heterocycles. The lowest BCUT2D eigenvalue weighted by atomic mass is 10.1. The first-order chi connectivity index (χ1) is 13.0. The highest BCUT2D eigenvalue weighted by molar-refractivity contribution is 8.00. The smallest absolute Gasteiger partial charge is 0.242 e. The Labute approximate surface area is 164 Å². The van der Waals surface area contributed by atoms with Gasteiger partial charge in [0.05, 0.1) is 5.75 Å². The van der Waals surface area contributed by atoms with Crippen LogP contribution in [0.3, 0.4) is 0 Å². The van der Waals surface area contributed by atoms with Gasteiger partial charge in [0.15, 0.2) is 0 Å². The topological polar surface area (TPSA) is 49.4 Å². The summed E-state index contributed by atoms with van der Waals surface area (Å²) >= 11 is 1.43. The SMILES string of the molecule is CCCNC(=O)[C@H](C)N(Cc1ccc(F)cc1)C(=O)CSc1ccccc1. The second kappa shape index (κ2) is 10.7. The van der Waals surface area contributed by atoms with E-state index in [1.165, 1.54) is 23.9 Å². The van der Waals surface area contributed by atoms with Crippen LogP contribution < -0.4 is 5.32 Å². The van der Waals surface area contributed by atoms with Crippen molar-refractivity contribution in [3.8, 4) is 0 Å². The van der Waals surface area contributed by atoms with Crippen LogP contribution in [0.15, 0.2) is 59.5 Å². The molecule has 2 amide bonds. The summed E-state index contributed by atoms with van der Waals surface area (Å²) in [6.45, 7) is 4.53. The van der Waals surface area contributed by atoms with E-state index in [1.807, 2.05) is 37.3 Å². The number of nitrogens with zero attached hydrogens (tertiary/aromatic N) is 1. The minimum Gasteiger partial charge on any atom is -0.354 e. The summed E-state index contributed by atoms with van der Waals surface area (Å²) in [6.07, 6.45) is 0.828. The Morgan fingerprint density at radius 2 is 1.78 bits per heavy atom. The second-order valence-electron chi connectivity index (χ2n) is 6.22. The van der Waals surface area contributed by atoms with Crippen molar-refractivity contribution in [2.24, 2.45) is 0 Å². The van der Waals surface area contributed by atoms with E-state index in [0.717, 1.165) is 16.9 Å². The van der Waals surface area contributed by atoms with Crippen molar-refractivity contribution in [1.82, 2.24) is 10.2 Å². The van der Waals surface area contributed by atoms with Crippen molar-refractivity contribution < 1.29 is 14.0 Å². The van der Waals surface area contributed by atoms with Gasteiger partial charge in [0.1, 0.15) is 11.9 Å². The zero-order chi connectivity index (χ0) is 19.6. The number of carbonyl (C=O) groups excluding carboxylic acids is 2. The first-order valence-electron chi connectivity index (χ1n) is 9.00. The molecule has 0 spiro atoms. The third-order valence-electron chi connectivity index (χ3n) is 4.09. The molecule has 144 valence electrons. The average Bonchev–Trinajstić information content (AvgIpc) is 2.70. The highest BCUT2D eigenvalue weighted by Gasteiger charge is 2.25. The number of hydrogen-bond acceptors (Lipinski definition) is 3. The number of benzene rings is 2. The van der Waals surface area contributed by atoms with Gasteiger partial charge in [-0.15, -0.1) is 11.8 Å². The molecule has 0 fully saturated rings. The molecule has 0 saturated heterocycles. The van der Waals surface area contributed by atoms with Gasteiger partial charge in [-0.2, -0.15) is 0 Å². The predicted octanol–water partition coefficient (Wildman–Crippen LogP) is 3.86. The second-order valence-corrected chi connectivity index (χ2v) is 7.27. The molecule has 0 aliphatic rings. The molecule has 0 aliphatic carbocycles. The maximum atomic E-state index is 13.2. The summed E-state index contributed by atoms with van der Waals surface area (Å²) in [5.41, 5.74) is 0.782. The molecule has 2 aromatic rings. The molecule has 0 aliphatic heterocycles. The van der Waals surface area contributed by atoms with Crippen LogP contribution in [-0.2, 0) is 16.1 Å². The van der Waals surface area contributed by atoms with Crippen LogP contribution in [0, 0.1) is 5.82 Å². The standard InChI is InChI=1S/C21H25FN2O2S/c1-3-13-23-21(26)16(2)24(14-17-9-11-18(22)12-10-17)20(25)15-27-19-7-5-4-6-8-19/h4-12,16H,3,13-15H2,1-2H3,(H,23,26)/t16-/m0/s1. The molecule has 0 saturated carbocycles. The van der Waals surface area contributed by atoms with Crippen molar-refractivity contribution in [3.05, 3.63) is 66.0 Å². The van der Waals surface area contributed by atoms with Gasteiger partial charge >= 0.3 is 0 Å². The van der Waals surface area contributed by atoms with Crippen LogP contribution >= 0.6 is 11.8 Å². The van der Waals surface area contributed by atoms with Gasteiger partial charge in [0.25, 0.3) is 0 Å². The molecule has 4 nitrogen and oxygen atoms in total. The van der Waals surface area contributed by atoms with E-state index in [0.29, 0.717) is 6.54 Å². The molecular weight excluding hydrogens is 363 g/mol. The Hall–Kier alpha value is -2.34. The Bertz CT molecular complexity index is 738. The number of carbonyl (C=O) groups is 2.